The fourth-order valence-corrected chi connectivity index (χ4v) is 1.86. The van der Waals surface area contributed by atoms with Gasteiger partial charge in [0.1, 0.15) is 11.9 Å². The van der Waals surface area contributed by atoms with Crippen LogP contribution in [0.1, 0.15) is 22.8 Å². The van der Waals surface area contributed by atoms with Crippen LogP contribution < -0.4 is 5.73 Å². The summed E-state index contributed by atoms with van der Waals surface area (Å²) in [6.45, 7) is 1.91. The maximum absolute atomic E-state index is 12.9. The molecule has 2 nitrogen and oxygen atoms in total. The molecule has 0 aliphatic rings. The number of aliphatic hydroxyl groups is 1. The summed E-state index contributed by atoms with van der Waals surface area (Å²) in [6.07, 6.45) is -0.822. The summed E-state index contributed by atoms with van der Waals surface area (Å²) in [7, 11) is 0. The van der Waals surface area contributed by atoms with Crippen molar-refractivity contribution in [2.24, 2.45) is 0 Å². The number of hydrogen-bond acceptors (Lipinski definition) is 2. The summed E-state index contributed by atoms with van der Waals surface area (Å²) in [6, 6.07) is 11.5. The molecule has 0 amide bonds. The van der Waals surface area contributed by atoms with E-state index in [9.17, 15) is 9.50 Å². The predicted molar refractivity (Wildman–Crippen MR) is 66.1 cm³/mol. The first-order valence-corrected chi connectivity index (χ1v) is 5.38. The Balaban J connectivity index is 2.44. The summed E-state index contributed by atoms with van der Waals surface area (Å²) in [5, 5.41) is 10.2. The van der Waals surface area contributed by atoms with Gasteiger partial charge in [0.25, 0.3) is 0 Å². The lowest BCUT2D eigenvalue weighted by Crippen LogP contribution is -2.05. The van der Waals surface area contributed by atoms with Crippen LogP contribution in [0, 0.1) is 12.7 Å². The third kappa shape index (κ3) is 2.29. The molecule has 0 aliphatic carbocycles. The van der Waals surface area contributed by atoms with Crippen LogP contribution in [0.25, 0.3) is 0 Å². The fourth-order valence-electron chi connectivity index (χ4n) is 1.86. The number of rotatable bonds is 2. The SMILES string of the molecule is Cc1ccccc1C(O)c1ccc(F)cc1N. The minimum Gasteiger partial charge on any atom is -0.398 e. The summed E-state index contributed by atoms with van der Waals surface area (Å²) >= 11 is 0. The number of hydrogen-bond donors (Lipinski definition) is 2. The molecule has 88 valence electrons. The number of aryl methyl sites for hydroxylation is 1. The molecular formula is C14H14FNO. The molecule has 0 saturated carbocycles. The molecule has 2 rings (SSSR count). The Morgan fingerprint density at radius 2 is 1.82 bits per heavy atom. The van der Waals surface area contributed by atoms with Crippen LogP contribution in [0.4, 0.5) is 10.1 Å². The van der Waals surface area contributed by atoms with Crippen molar-refractivity contribution in [2.45, 2.75) is 13.0 Å². The van der Waals surface area contributed by atoms with Gasteiger partial charge in [-0.1, -0.05) is 30.3 Å². The molecule has 3 N–H and O–H groups in total. The van der Waals surface area contributed by atoms with E-state index in [1.807, 2.05) is 31.2 Å². The molecule has 17 heavy (non-hydrogen) atoms. The Kier molecular flexibility index (Phi) is 3.11. The van der Waals surface area contributed by atoms with E-state index in [-0.39, 0.29) is 5.69 Å². The van der Waals surface area contributed by atoms with E-state index in [0.29, 0.717) is 5.56 Å². The van der Waals surface area contributed by atoms with Crippen molar-refractivity contribution in [3.05, 3.63) is 65.0 Å². The highest BCUT2D eigenvalue weighted by Crippen LogP contribution is 2.28. The average molecular weight is 231 g/mol. The molecule has 0 spiro atoms. The van der Waals surface area contributed by atoms with Gasteiger partial charge in [-0.2, -0.15) is 0 Å². The highest BCUT2D eigenvalue weighted by Gasteiger charge is 2.15. The second-order valence-corrected chi connectivity index (χ2v) is 4.03. The molecule has 2 aromatic rings. The number of nitrogen functional groups attached to an aromatic ring is 1. The third-order valence-electron chi connectivity index (χ3n) is 2.83. The Morgan fingerprint density at radius 3 is 2.47 bits per heavy atom. The van der Waals surface area contributed by atoms with Gasteiger partial charge in [0.2, 0.25) is 0 Å². The maximum Gasteiger partial charge on any atom is 0.125 e. The summed E-state index contributed by atoms with van der Waals surface area (Å²) in [5.41, 5.74) is 8.26. The molecule has 0 bridgehead atoms. The molecule has 1 unspecified atom stereocenters. The zero-order valence-electron chi connectivity index (χ0n) is 9.52. The van der Waals surface area contributed by atoms with E-state index < -0.39 is 11.9 Å². The van der Waals surface area contributed by atoms with Crippen molar-refractivity contribution >= 4 is 5.69 Å². The molecule has 0 fully saturated rings. The quantitative estimate of drug-likeness (QED) is 0.781. The zero-order valence-corrected chi connectivity index (χ0v) is 9.52. The smallest absolute Gasteiger partial charge is 0.125 e. The van der Waals surface area contributed by atoms with Gasteiger partial charge in [-0.3, -0.25) is 0 Å². The van der Waals surface area contributed by atoms with Crippen molar-refractivity contribution in [1.82, 2.24) is 0 Å². The molecule has 0 heterocycles. The van der Waals surface area contributed by atoms with Crippen LogP contribution in [0.2, 0.25) is 0 Å². The van der Waals surface area contributed by atoms with E-state index >= 15 is 0 Å². The molecule has 0 saturated heterocycles. The zero-order chi connectivity index (χ0) is 12.4. The lowest BCUT2D eigenvalue weighted by Gasteiger charge is -2.16. The topological polar surface area (TPSA) is 46.2 Å². The largest absolute Gasteiger partial charge is 0.398 e. The Hall–Kier alpha value is -1.87. The van der Waals surface area contributed by atoms with Gasteiger partial charge in [-0.15, -0.1) is 0 Å². The Labute approximate surface area is 99.5 Å². The van der Waals surface area contributed by atoms with Crippen LogP contribution in [0.5, 0.6) is 0 Å². The maximum atomic E-state index is 12.9. The Bertz CT molecular complexity index is 539. The van der Waals surface area contributed by atoms with Crippen molar-refractivity contribution in [1.29, 1.82) is 0 Å². The van der Waals surface area contributed by atoms with E-state index in [0.717, 1.165) is 11.1 Å². The highest BCUT2D eigenvalue weighted by atomic mass is 19.1. The van der Waals surface area contributed by atoms with Gasteiger partial charge in [-0.25, -0.2) is 4.39 Å². The van der Waals surface area contributed by atoms with Crippen LogP contribution in [0.3, 0.4) is 0 Å². The van der Waals surface area contributed by atoms with Crippen molar-refractivity contribution in [3.63, 3.8) is 0 Å². The number of halogens is 1. The summed E-state index contributed by atoms with van der Waals surface area (Å²) < 4.78 is 12.9. The molecular weight excluding hydrogens is 217 g/mol. The molecule has 2 aromatic carbocycles. The summed E-state index contributed by atoms with van der Waals surface area (Å²) in [5.74, 6) is -0.400. The van der Waals surface area contributed by atoms with Crippen LogP contribution >= 0.6 is 0 Å². The lowest BCUT2D eigenvalue weighted by atomic mass is 9.96. The van der Waals surface area contributed by atoms with Gasteiger partial charge in [0.15, 0.2) is 0 Å². The monoisotopic (exact) mass is 231 g/mol. The number of aliphatic hydroxyl groups excluding tert-OH is 1. The average Bonchev–Trinajstić information content (AvgIpc) is 2.29. The number of anilines is 1. The van der Waals surface area contributed by atoms with Gasteiger partial charge < -0.3 is 10.8 Å². The number of benzene rings is 2. The highest BCUT2D eigenvalue weighted by molar-refractivity contribution is 5.51. The van der Waals surface area contributed by atoms with Crippen LogP contribution in [-0.4, -0.2) is 5.11 Å². The minimum atomic E-state index is -0.822. The van der Waals surface area contributed by atoms with Crippen LogP contribution in [0.15, 0.2) is 42.5 Å². The first-order valence-electron chi connectivity index (χ1n) is 5.38. The van der Waals surface area contributed by atoms with Crippen molar-refractivity contribution in [2.75, 3.05) is 5.73 Å². The standard InChI is InChI=1S/C14H14FNO/c1-9-4-2-3-5-11(9)14(17)12-7-6-10(15)8-13(12)16/h2-8,14,17H,16H2,1H3. The molecule has 0 aliphatic heterocycles. The molecule has 0 aromatic heterocycles. The van der Waals surface area contributed by atoms with Gasteiger partial charge >= 0.3 is 0 Å². The third-order valence-corrected chi connectivity index (χ3v) is 2.83. The molecule has 3 heteroatoms. The van der Waals surface area contributed by atoms with E-state index in [4.69, 9.17) is 5.73 Å². The van der Waals surface area contributed by atoms with Gasteiger partial charge in [0.05, 0.1) is 0 Å². The second-order valence-electron chi connectivity index (χ2n) is 4.03. The predicted octanol–water partition coefficient (Wildman–Crippen LogP) is 2.80. The number of nitrogens with two attached hydrogens (primary N) is 1. The normalized spacial score (nSPS) is 12.4. The Morgan fingerprint density at radius 1 is 1.12 bits per heavy atom. The van der Waals surface area contributed by atoms with Crippen molar-refractivity contribution < 1.29 is 9.50 Å². The van der Waals surface area contributed by atoms with E-state index in [1.165, 1.54) is 18.2 Å². The minimum absolute atomic E-state index is 0.265. The van der Waals surface area contributed by atoms with Crippen molar-refractivity contribution in [3.8, 4) is 0 Å². The lowest BCUT2D eigenvalue weighted by molar-refractivity contribution is 0.220. The first-order chi connectivity index (χ1) is 8.09. The van der Waals surface area contributed by atoms with Gasteiger partial charge in [-0.05, 0) is 30.2 Å². The molecule has 1 atom stereocenters. The second kappa shape index (κ2) is 4.55. The fraction of sp³-hybridized carbons (Fsp3) is 0.143. The van der Waals surface area contributed by atoms with E-state index in [2.05, 4.69) is 0 Å². The summed E-state index contributed by atoms with van der Waals surface area (Å²) in [4.78, 5) is 0. The van der Waals surface area contributed by atoms with Gasteiger partial charge in [0, 0.05) is 11.3 Å². The molecule has 0 radical (unpaired) electrons. The van der Waals surface area contributed by atoms with E-state index in [1.54, 1.807) is 0 Å². The van der Waals surface area contributed by atoms with Crippen LogP contribution in [-0.2, 0) is 0 Å². The first kappa shape index (κ1) is 11.6.